The standard InChI is InChI=1S/C14H20BrFN2OS.ClH/c1-9(18-14(19)13(17)5-6-20-2)7-10-3-4-12(16)11(15)8-10;/h3-4,8-9,13H,5-7,17H2,1-2H3,(H,18,19);1H/t9?,13-;/m0./s1. The Morgan fingerprint density at radius 3 is 2.76 bits per heavy atom. The van der Waals surface area contributed by atoms with Crippen LogP contribution in [0, 0.1) is 5.82 Å². The van der Waals surface area contributed by atoms with Gasteiger partial charge in [0.15, 0.2) is 0 Å². The van der Waals surface area contributed by atoms with Gasteiger partial charge in [-0.25, -0.2) is 4.39 Å². The van der Waals surface area contributed by atoms with E-state index >= 15 is 0 Å². The van der Waals surface area contributed by atoms with Crippen LogP contribution in [0.15, 0.2) is 22.7 Å². The van der Waals surface area contributed by atoms with Crippen molar-refractivity contribution in [2.75, 3.05) is 12.0 Å². The van der Waals surface area contributed by atoms with Gasteiger partial charge >= 0.3 is 0 Å². The summed E-state index contributed by atoms with van der Waals surface area (Å²) in [6.45, 7) is 1.91. The number of hydrogen-bond donors (Lipinski definition) is 2. The van der Waals surface area contributed by atoms with E-state index in [9.17, 15) is 9.18 Å². The molecule has 1 rings (SSSR count). The highest BCUT2D eigenvalue weighted by Gasteiger charge is 2.15. The Kier molecular flexibility index (Phi) is 10.3. The number of halogens is 3. The second kappa shape index (κ2) is 10.4. The van der Waals surface area contributed by atoms with Gasteiger partial charge < -0.3 is 11.1 Å². The minimum atomic E-state index is -0.468. The maximum atomic E-state index is 13.1. The molecule has 7 heteroatoms. The van der Waals surface area contributed by atoms with Crippen molar-refractivity contribution in [2.45, 2.75) is 31.8 Å². The number of carbonyl (C=O) groups is 1. The molecule has 3 N–H and O–H groups in total. The summed E-state index contributed by atoms with van der Waals surface area (Å²) in [5.74, 6) is 0.450. The van der Waals surface area contributed by atoms with Gasteiger partial charge in [0.25, 0.3) is 0 Å². The van der Waals surface area contributed by atoms with Gasteiger partial charge in [-0.05, 0) is 65.4 Å². The summed E-state index contributed by atoms with van der Waals surface area (Å²) in [6, 6.07) is 4.35. The fraction of sp³-hybridized carbons (Fsp3) is 0.500. The van der Waals surface area contributed by atoms with E-state index in [1.54, 1.807) is 23.9 Å². The molecule has 21 heavy (non-hydrogen) atoms. The first-order valence-electron chi connectivity index (χ1n) is 6.43. The minimum absolute atomic E-state index is 0. The number of hydrogen-bond acceptors (Lipinski definition) is 3. The molecular formula is C14H21BrClFN2OS. The summed E-state index contributed by atoms with van der Waals surface area (Å²) in [6.07, 6.45) is 3.29. The summed E-state index contributed by atoms with van der Waals surface area (Å²) in [4.78, 5) is 11.9. The van der Waals surface area contributed by atoms with Gasteiger partial charge in [-0.3, -0.25) is 4.79 Å². The molecule has 120 valence electrons. The zero-order chi connectivity index (χ0) is 15.1. The smallest absolute Gasteiger partial charge is 0.237 e. The molecule has 0 heterocycles. The minimum Gasteiger partial charge on any atom is -0.352 e. The molecule has 0 aliphatic carbocycles. The van der Waals surface area contributed by atoms with Crippen LogP contribution in [0.1, 0.15) is 18.9 Å². The first-order chi connectivity index (χ1) is 9.43. The molecule has 0 saturated carbocycles. The van der Waals surface area contributed by atoms with Crippen molar-refractivity contribution in [3.63, 3.8) is 0 Å². The third kappa shape index (κ3) is 7.49. The zero-order valence-electron chi connectivity index (χ0n) is 12.1. The van der Waals surface area contributed by atoms with Gasteiger partial charge in [-0.1, -0.05) is 6.07 Å². The third-order valence-electron chi connectivity index (χ3n) is 2.88. The Morgan fingerprint density at radius 1 is 1.52 bits per heavy atom. The molecular weight excluding hydrogens is 379 g/mol. The highest BCUT2D eigenvalue weighted by atomic mass is 79.9. The van der Waals surface area contributed by atoms with Crippen LogP contribution in [-0.4, -0.2) is 30.0 Å². The van der Waals surface area contributed by atoms with Crippen molar-refractivity contribution in [1.29, 1.82) is 0 Å². The molecule has 1 aromatic rings. The van der Waals surface area contributed by atoms with Crippen LogP contribution < -0.4 is 11.1 Å². The van der Waals surface area contributed by atoms with E-state index in [0.717, 1.165) is 11.3 Å². The highest BCUT2D eigenvalue weighted by molar-refractivity contribution is 9.10. The molecule has 1 aromatic carbocycles. The molecule has 0 aliphatic rings. The van der Waals surface area contributed by atoms with Crippen LogP contribution in [0.4, 0.5) is 4.39 Å². The number of benzene rings is 1. The molecule has 1 amide bonds. The normalized spacial score (nSPS) is 13.2. The lowest BCUT2D eigenvalue weighted by atomic mass is 10.1. The Hall–Kier alpha value is -0.300. The van der Waals surface area contributed by atoms with E-state index in [4.69, 9.17) is 5.73 Å². The largest absolute Gasteiger partial charge is 0.352 e. The lowest BCUT2D eigenvalue weighted by molar-refractivity contribution is -0.122. The van der Waals surface area contributed by atoms with Crippen LogP contribution in [0.3, 0.4) is 0 Å². The molecule has 2 atom stereocenters. The van der Waals surface area contributed by atoms with Crippen LogP contribution in [0.5, 0.6) is 0 Å². The number of rotatable bonds is 7. The summed E-state index contributed by atoms with van der Waals surface area (Å²) in [5.41, 5.74) is 6.77. The van der Waals surface area contributed by atoms with Crippen LogP contribution in [0.2, 0.25) is 0 Å². The summed E-state index contributed by atoms with van der Waals surface area (Å²) in [7, 11) is 0. The third-order valence-corrected chi connectivity index (χ3v) is 4.14. The van der Waals surface area contributed by atoms with Crippen molar-refractivity contribution in [3.05, 3.63) is 34.1 Å². The Labute approximate surface area is 144 Å². The molecule has 3 nitrogen and oxygen atoms in total. The molecule has 0 aromatic heterocycles. The number of thioether (sulfide) groups is 1. The average molecular weight is 400 g/mol. The van der Waals surface area contributed by atoms with Gasteiger partial charge in [0.2, 0.25) is 5.91 Å². The molecule has 0 fully saturated rings. The first-order valence-corrected chi connectivity index (χ1v) is 8.61. The van der Waals surface area contributed by atoms with E-state index in [-0.39, 0.29) is 30.2 Å². The van der Waals surface area contributed by atoms with Crippen molar-refractivity contribution < 1.29 is 9.18 Å². The highest BCUT2D eigenvalue weighted by Crippen LogP contribution is 2.17. The molecule has 0 saturated heterocycles. The number of nitrogens with one attached hydrogen (secondary N) is 1. The van der Waals surface area contributed by atoms with Crippen LogP contribution in [-0.2, 0) is 11.2 Å². The number of amides is 1. The fourth-order valence-electron chi connectivity index (χ4n) is 1.80. The van der Waals surface area contributed by atoms with Gasteiger partial charge in [0.1, 0.15) is 5.82 Å². The predicted octanol–water partition coefficient (Wildman–Crippen LogP) is 3.14. The van der Waals surface area contributed by atoms with E-state index in [1.165, 1.54) is 6.07 Å². The predicted molar refractivity (Wildman–Crippen MR) is 93.6 cm³/mol. The molecule has 0 spiro atoms. The van der Waals surface area contributed by atoms with Gasteiger partial charge in [0.05, 0.1) is 10.5 Å². The monoisotopic (exact) mass is 398 g/mol. The first kappa shape index (κ1) is 20.7. The Bertz CT molecular complexity index is 465. The SMILES string of the molecule is CSCC[C@H](N)C(=O)NC(C)Cc1ccc(F)c(Br)c1.Cl. The average Bonchev–Trinajstić information content (AvgIpc) is 2.40. The quantitative estimate of drug-likeness (QED) is 0.740. The second-order valence-corrected chi connectivity index (χ2v) is 6.59. The van der Waals surface area contributed by atoms with Crippen molar-refractivity contribution in [2.24, 2.45) is 5.73 Å². The van der Waals surface area contributed by atoms with Gasteiger partial charge in [-0.15, -0.1) is 12.4 Å². The van der Waals surface area contributed by atoms with Gasteiger partial charge in [0, 0.05) is 6.04 Å². The Morgan fingerprint density at radius 2 is 2.19 bits per heavy atom. The second-order valence-electron chi connectivity index (χ2n) is 4.75. The summed E-state index contributed by atoms with van der Waals surface area (Å²) < 4.78 is 13.6. The van der Waals surface area contributed by atoms with Crippen molar-refractivity contribution in [3.8, 4) is 0 Å². The fourth-order valence-corrected chi connectivity index (χ4v) is 2.71. The van der Waals surface area contributed by atoms with Gasteiger partial charge in [-0.2, -0.15) is 11.8 Å². The number of nitrogens with two attached hydrogens (primary N) is 1. The summed E-state index contributed by atoms with van der Waals surface area (Å²) in [5, 5.41) is 2.89. The lowest BCUT2D eigenvalue weighted by Crippen LogP contribution is -2.45. The molecule has 0 bridgehead atoms. The maximum Gasteiger partial charge on any atom is 0.237 e. The van der Waals surface area contributed by atoms with Crippen LogP contribution >= 0.6 is 40.1 Å². The molecule has 0 aliphatic heterocycles. The molecule has 0 radical (unpaired) electrons. The van der Waals surface area contributed by atoms with E-state index in [0.29, 0.717) is 17.3 Å². The topological polar surface area (TPSA) is 55.1 Å². The lowest BCUT2D eigenvalue weighted by Gasteiger charge is -2.17. The zero-order valence-corrected chi connectivity index (χ0v) is 15.3. The van der Waals surface area contributed by atoms with Crippen LogP contribution in [0.25, 0.3) is 0 Å². The van der Waals surface area contributed by atoms with Crippen molar-refractivity contribution >= 4 is 46.0 Å². The number of carbonyl (C=O) groups excluding carboxylic acids is 1. The van der Waals surface area contributed by atoms with E-state index in [2.05, 4.69) is 21.2 Å². The Balaban J connectivity index is 0.00000400. The maximum absolute atomic E-state index is 13.1. The van der Waals surface area contributed by atoms with Crippen molar-refractivity contribution in [1.82, 2.24) is 5.32 Å². The summed E-state index contributed by atoms with van der Waals surface area (Å²) >= 11 is 4.82. The van der Waals surface area contributed by atoms with E-state index < -0.39 is 6.04 Å². The van der Waals surface area contributed by atoms with E-state index in [1.807, 2.05) is 13.2 Å². The molecule has 1 unspecified atom stereocenters.